The molecule has 1 unspecified atom stereocenters. The summed E-state index contributed by atoms with van der Waals surface area (Å²) >= 11 is 0. The largest absolute Gasteiger partial charge is 0.489 e. The van der Waals surface area contributed by atoms with Gasteiger partial charge in [0.2, 0.25) is 0 Å². The van der Waals surface area contributed by atoms with E-state index >= 15 is 0 Å². The highest BCUT2D eigenvalue weighted by Crippen LogP contribution is 2.19. The van der Waals surface area contributed by atoms with E-state index in [1.54, 1.807) is 36.4 Å². The molecule has 2 rings (SSSR count). The summed E-state index contributed by atoms with van der Waals surface area (Å²) in [6.07, 6.45) is 1.35. The molecule has 0 heterocycles. The lowest BCUT2D eigenvalue weighted by molar-refractivity contribution is 0.245. The minimum atomic E-state index is -0.312. The SMILES string of the molecule is CC(CCCO)NC(=O)Nc1cccc(OCc2cccc(F)c2)c1. The minimum Gasteiger partial charge on any atom is -0.489 e. The van der Waals surface area contributed by atoms with Crippen molar-refractivity contribution < 1.29 is 19.0 Å². The summed E-state index contributed by atoms with van der Waals surface area (Å²) in [4.78, 5) is 11.9. The highest BCUT2D eigenvalue weighted by molar-refractivity contribution is 5.89. The van der Waals surface area contributed by atoms with E-state index in [1.807, 2.05) is 6.92 Å². The fourth-order valence-electron chi connectivity index (χ4n) is 2.32. The molecule has 0 fully saturated rings. The zero-order chi connectivity index (χ0) is 18.1. The Hall–Kier alpha value is -2.60. The minimum absolute atomic E-state index is 0.0282. The number of benzene rings is 2. The van der Waals surface area contributed by atoms with Gasteiger partial charge in [0, 0.05) is 24.4 Å². The molecule has 1 atom stereocenters. The normalized spacial score (nSPS) is 11.6. The summed E-state index contributed by atoms with van der Waals surface area (Å²) < 4.78 is 18.8. The molecule has 134 valence electrons. The second-order valence-corrected chi connectivity index (χ2v) is 5.81. The predicted molar refractivity (Wildman–Crippen MR) is 95.1 cm³/mol. The number of aliphatic hydroxyl groups excluding tert-OH is 1. The van der Waals surface area contributed by atoms with Gasteiger partial charge >= 0.3 is 6.03 Å². The molecule has 2 amide bonds. The Morgan fingerprint density at radius 1 is 1.24 bits per heavy atom. The van der Waals surface area contributed by atoms with E-state index in [4.69, 9.17) is 9.84 Å². The van der Waals surface area contributed by atoms with Crippen LogP contribution in [-0.4, -0.2) is 23.8 Å². The molecule has 0 saturated carbocycles. The first-order valence-electron chi connectivity index (χ1n) is 8.22. The zero-order valence-corrected chi connectivity index (χ0v) is 14.2. The van der Waals surface area contributed by atoms with Crippen molar-refractivity contribution in [3.05, 3.63) is 59.9 Å². The fourth-order valence-corrected chi connectivity index (χ4v) is 2.32. The van der Waals surface area contributed by atoms with Crippen LogP contribution in [0.3, 0.4) is 0 Å². The van der Waals surface area contributed by atoms with Crippen LogP contribution < -0.4 is 15.4 Å². The van der Waals surface area contributed by atoms with Gasteiger partial charge in [-0.2, -0.15) is 0 Å². The number of aliphatic hydroxyl groups is 1. The molecule has 5 nitrogen and oxygen atoms in total. The number of carbonyl (C=O) groups is 1. The Labute approximate surface area is 146 Å². The maximum atomic E-state index is 13.2. The van der Waals surface area contributed by atoms with Crippen LogP contribution in [0.15, 0.2) is 48.5 Å². The lowest BCUT2D eigenvalue weighted by Gasteiger charge is -2.14. The van der Waals surface area contributed by atoms with Crippen LogP contribution in [0.2, 0.25) is 0 Å². The summed E-state index contributed by atoms with van der Waals surface area (Å²) in [5, 5.41) is 14.3. The van der Waals surface area contributed by atoms with Crippen LogP contribution in [0.4, 0.5) is 14.9 Å². The molecule has 0 spiro atoms. The number of halogens is 1. The number of rotatable bonds is 8. The first kappa shape index (κ1) is 18.7. The van der Waals surface area contributed by atoms with Crippen molar-refractivity contribution in [2.45, 2.75) is 32.4 Å². The Kier molecular flexibility index (Phi) is 7.22. The van der Waals surface area contributed by atoms with Crippen molar-refractivity contribution in [2.24, 2.45) is 0 Å². The second-order valence-electron chi connectivity index (χ2n) is 5.81. The van der Waals surface area contributed by atoms with Crippen molar-refractivity contribution in [3.63, 3.8) is 0 Å². The van der Waals surface area contributed by atoms with Crippen molar-refractivity contribution in [2.75, 3.05) is 11.9 Å². The summed E-state index contributed by atoms with van der Waals surface area (Å²) in [5.74, 6) is 0.277. The van der Waals surface area contributed by atoms with Crippen molar-refractivity contribution in [1.82, 2.24) is 5.32 Å². The molecular weight excluding hydrogens is 323 g/mol. The molecule has 25 heavy (non-hydrogen) atoms. The Morgan fingerprint density at radius 2 is 2.04 bits per heavy atom. The maximum absolute atomic E-state index is 13.2. The molecule has 6 heteroatoms. The molecule has 3 N–H and O–H groups in total. The highest BCUT2D eigenvalue weighted by Gasteiger charge is 2.07. The zero-order valence-electron chi connectivity index (χ0n) is 14.2. The quantitative estimate of drug-likeness (QED) is 0.683. The average molecular weight is 346 g/mol. The number of amides is 2. The molecule has 0 aliphatic heterocycles. The van der Waals surface area contributed by atoms with Crippen molar-refractivity contribution in [1.29, 1.82) is 0 Å². The van der Waals surface area contributed by atoms with Crippen LogP contribution in [0.1, 0.15) is 25.3 Å². The van der Waals surface area contributed by atoms with Crippen molar-refractivity contribution in [3.8, 4) is 5.75 Å². The molecular formula is C19H23FN2O3. The Bertz CT molecular complexity index is 694. The summed E-state index contributed by atoms with van der Waals surface area (Å²) in [6, 6.07) is 12.9. The monoisotopic (exact) mass is 346 g/mol. The summed E-state index contributed by atoms with van der Waals surface area (Å²) in [6.45, 7) is 2.23. The standard InChI is InChI=1S/C19H23FN2O3/c1-14(5-4-10-23)21-19(24)22-17-8-3-9-18(12-17)25-13-15-6-2-7-16(20)11-15/h2-3,6-9,11-12,14,23H,4-5,10,13H2,1H3,(H2,21,22,24). The Balaban J connectivity index is 1.86. The van der Waals surface area contributed by atoms with Gasteiger partial charge in [-0.05, 0) is 49.6 Å². The van der Waals surface area contributed by atoms with Gasteiger partial charge in [0.15, 0.2) is 0 Å². The summed E-state index contributed by atoms with van der Waals surface area (Å²) in [5.41, 5.74) is 1.33. The van der Waals surface area contributed by atoms with Gasteiger partial charge in [0.05, 0.1) is 0 Å². The highest BCUT2D eigenvalue weighted by atomic mass is 19.1. The molecule has 0 aromatic heterocycles. The third-order valence-electron chi connectivity index (χ3n) is 3.56. The van der Waals surface area contributed by atoms with Gasteiger partial charge in [-0.3, -0.25) is 0 Å². The number of ether oxygens (including phenoxy) is 1. The van der Waals surface area contributed by atoms with Gasteiger partial charge in [0.1, 0.15) is 18.2 Å². The van der Waals surface area contributed by atoms with Crippen LogP contribution in [0.5, 0.6) is 5.75 Å². The molecule has 0 bridgehead atoms. The third kappa shape index (κ3) is 6.81. The molecule has 0 aliphatic rings. The number of carbonyl (C=O) groups excluding carboxylic acids is 1. The Morgan fingerprint density at radius 3 is 2.80 bits per heavy atom. The maximum Gasteiger partial charge on any atom is 0.319 e. The predicted octanol–water partition coefficient (Wildman–Crippen LogP) is 3.69. The smallest absolute Gasteiger partial charge is 0.319 e. The lowest BCUT2D eigenvalue weighted by atomic mass is 10.2. The first-order chi connectivity index (χ1) is 12.1. The number of hydrogen-bond donors (Lipinski definition) is 3. The molecule has 0 aliphatic carbocycles. The van der Waals surface area contributed by atoms with E-state index < -0.39 is 0 Å². The van der Waals surface area contributed by atoms with Gasteiger partial charge < -0.3 is 20.5 Å². The van der Waals surface area contributed by atoms with Gasteiger partial charge in [-0.1, -0.05) is 18.2 Å². The topological polar surface area (TPSA) is 70.6 Å². The van der Waals surface area contributed by atoms with E-state index in [2.05, 4.69) is 10.6 Å². The number of hydrogen-bond acceptors (Lipinski definition) is 3. The van der Waals surface area contributed by atoms with Crippen LogP contribution in [0.25, 0.3) is 0 Å². The molecule has 2 aromatic carbocycles. The third-order valence-corrected chi connectivity index (χ3v) is 3.56. The van der Waals surface area contributed by atoms with E-state index in [0.717, 1.165) is 5.56 Å². The van der Waals surface area contributed by atoms with E-state index in [9.17, 15) is 9.18 Å². The second kappa shape index (κ2) is 9.64. The molecule has 0 radical (unpaired) electrons. The van der Waals surface area contributed by atoms with Gasteiger partial charge in [-0.15, -0.1) is 0 Å². The number of anilines is 1. The van der Waals surface area contributed by atoms with Crippen LogP contribution >= 0.6 is 0 Å². The first-order valence-corrected chi connectivity index (χ1v) is 8.22. The average Bonchev–Trinajstić information content (AvgIpc) is 2.58. The van der Waals surface area contributed by atoms with E-state index in [-0.39, 0.29) is 31.1 Å². The van der Waals surface area contributed by atoms with Crippen LogP contribution in [0, 0.1) is 5.82 Å². The van der Waals surface area contributed by atoms with E-state index in [0.29, 0.717) is 24.3 Å². The lowest BCUT2D eigenvalue weighted by Crippen LogP contribution is -2.36. The van der Waals surface area contributed by atoms with Gasteiger partial charge in [-0.25, -0.2) is 9.18 Å². The molecule has 2 aromatic rings. The molecule has 0 saturated heterocycles. The summed E-state index contributed by atoms with van der Waals surface area (Å²) in [7, 11) is 0. The van der Waals surface area contributed by atoms with Gasteiger partial charge in [0.25, 0.3) is 0 Å². The fraction of sp³-hybridized carbons (Fsp3) is 0.316. The van der Waals surface area contributed by atoms with E-state index in [1.165, 1.54) is 12.1 Å². The number of nitrogens with one attached hydrogen (secondary N) is 2. The van der Waals surface area contributed by atoms with Crippen molar-refractivity contribution >= 4 is 11.7 Å². The number of urea groups is 1. The van der Waals surface area contributed by atoms with Crippen LogP contribution in [-0.2, 0) is 6.61 Å².